The number of carbonyl (C=O) groups excluding carboxylic acids is 2. The van der Waals surface area contributed by atoms with Crippen LogP contribution in [0.4, 0.5) is 4.79 Å². The molecule has 114 valence electrons. The number of nitrogens with zero attached hydrogens (tertiary/aromatic N) is 2. The number of piperidine rings is 1. The van der Waals surface area contributed by atoms with Crippen molar-refractivity contribution >= 4 is 18.0 Å². The van der Waals surface area contributed by atoms with Gasteiger partial charge in [-0.25, -0.2) is 9.59 Å². The summed E-state index contributed by atoms with van der Waals surface area (Å²) >= 11 is 0. The van der Waals surface area contributed by atoms with Crippen molar-refractivity contribution in [2.24, 2.45) is 11.7 Å². The number of hydrogen-bond acceptors (Lipinski definition) is 5. The molecule has 0 bridgehead atoms. The average molecular weight is 295 g/mol. The van der Waals surface area contributed by atoms with Gasteiger partial charge in [-0.3, -0.25) is 14.6 Å². The molecular weight excluding hydrogens is 278 g/mol. The van der Waals surface area contributed by atoms with Crippen molar-refractivity contribution in [3.8, 4) is 0 Å². The molecule has 8 heteroatoms. The zero-order valence-electron chi connectivity index (χ0n) is 11.6. The van der Waals surface area contributed by atoms with E-state index in [0.29, 0.717) is 5.57 Å². The maximum absolute atomic E-state index is 12.3. The monoisotopic (exact) mass is 295 g/mol. The summed E-state index contributed by atoms with van der Waals surface area (Å²) < 4.78 is 4.78. The van der Waals surface area contributed by atoms with Crippen LogP contribution in [0.5, 0.6) is 0 Å². The van der Waals surface area contributed by atoms with E-state index < -0.39 is 12.1 Å². The highest BCUT2D eigenvalue weighted by Crippen LogP contribution is 2.48. The maximum Gasteiger partial charge on any atom is 0.404 e. The van der Waals surface area contributed by atoms with Crippen molar-refractivity contribution in [1.82, 2.24) is 9.80 Å². The van der Waals surface area contributed by atoms with Gasteiger partial charge < -0.3 is 15.6 Å². The van der Waals surface area contributed by atoms with Gasteiger partial charge in [0.2, 0.25) is 5.91 Å². The van der Waals surface area contributed by atoms with E-state index in [9.17, 15) is 19.5 Å². The molecule has 0 radical (unpaired) electrons. The van der Waals surface area contributed by atoms with Crippen LogP contribution in [-0.4, -0.2) is 64.7 Å². The van der Waals surface area contributed by atoms with Gasteiger partial charge in [-0.2, -0.15) is 0 Å². The molecule has 2 saturated heterocycles. The highest BCUT2D eigenvalue weighted by Gasteiger charge is 2.63. The Hall–Kier alpha value is -2.09. The predicted molar refractivity (Wildman–Crippen MR) is 70.0 cm³/mol. The molecule has 3 aliphatic heterocycles. The summed E-state index contributed by atoms with van der Waals surface area (Å²) in [5.74, 6) is -1.42. The lowest BCUT2D eigenvalue weighted by Gasteiger charge is -2.53. The first-order valence-electron chi connectivity index (χ1n) is 6.93. The first kappa shape index (κ1) is 13.9. The summed E-state index contributed by atoms with van der Waals surface area (Å²) in [7, 11) is 0. The molecule has 1 unspecified atom stereocenters. The number of carboxylic acid groups (broad SMARTS) is 1. The molecular formula is C13H17N3O5. The van der Waals surface area contributed by atoms with Crippen LogP contribution >= 0.6 is 0 Å². The molecule has 0 aromatic heterocycles. The molecule has 0 aromatic rings. The number of likely N-dealkylation sites (N-methyl/N-ethyl adjacent to an activating group) is 1. The van der Waals surface area contributed by atoms with E-state index in [2.05, 4.69) is 4.90 Å². The SMILES string of the molecule is CCN1CCC2C(COC(N)=O)=C(C(=O)O)N3C(=O)[C@@H]1[C@@H]23. The molecule has 2 amide bonds. The Morgan fingerprint density at radius 2 is 2.19 bits per heavy atom. The Balaban J connectivity index is 1.93. The standard InChI is InChI=1S/C13H17N3O5/c1-2-15-4-3-6-7(5-21-13(14)20)9(12(18)19)16-8(6)10(15)11(16)17/h6,8,10H,2-5H2,1H3,(H2,14,20)(H,18,19)/t6?,8-,10+/m1/s1. The van der Waals surface area contributed by atoms with Gasteiger partial charge in [0.25, 0.3) is 0 Å². The first-order valence-corrected chi connectivity index (χ1v) is 6.93. The Kier molecular flexibility index (Phi) is 3.12. The summed E-state index contributed by atoms with van der Waals surface area (Å²) in [6.45, 7) is 3.30. The smallest absolute Gasteiger partial charge is 0.404 e. The lowest BCUT2D eigenvalue weighted by Crippen LogP contribution is -2.72. The third-order valence-electron chi connectivity index (χ3n) is 4.62. The van der Waals surface area contributed by atoms with Crippen molar-refractivity contribution in [1.29, 1.82) is 0 Å². The van der Waals surface area contributed by atoms with Crippen LogP contribution in [0, 0.1) is 5.92 Å². The molecule has 8 nitrogen and oxygen atoms in total. The minimum Gasteiger partial charge on any atom is -0.477 e. The van der Waals surface area contributed by atoms with Crippen LogP contribution in [0.2, 0.25) is 0 Å². The molecule has 3 N–H and O–H groups in total. The Labute approximate surface area is 121 Å². The molecule has 3 atom stereocenters. The van der Waals surface area contributed by atoms with Gasteiger partial charge in [0.15, 0.2) is 0 Å². The highest BCUT2D eigenvalue weighted by atomic mass is 16.5. The van der Waals surface area contributed by atoms with E-state index in [1.807, 2.05) is 6.92 Å². The third-order valence-corrected chi connectivity index (χ3v) is 4.62. The summed E-state index contributed by atoms with van der Waals surface area (Å²) in [6.07, 6.45) is -0.206. The normalized spacial score (nSPS) is 31.0. The van der Waals surface area contributed by atoms with Gasteiger partial charge in [0.1, 0.15) is 18.3 Å². The molecule has 2 fully saturated rings. The van der Waals surface area contributed by atoms with Crippen LogP contribution in [0.3, 0.4) is 0 Å². The van der Waals surface area contributed by atoms with E-state index in [4.69, 9.17) is 10.5 Å². The van der Waals surface area contributed by atoms with Crippen molar-refractivity contribution in [3.63, 3.8) is 0 Å². The van der Waals surface area contributed by atoms with Crippen LogP contribution in [0.25, 0.3) is 0 Å². The summed E-state index contributed by atoms with van der Waals surface area (Å²) in [4.78, 5) is 38.0. The van der Waals surface area contributed by atoms with Gasteiger partial charge in [-0.1, -0.05) is 6.92 Å². The molecule has 0 saturated carbocycles. The van der Waals surface area contributed by atoms with E-state index in [1.54, 1.807) is 0 Å². The second kappa shape index (κ2) is 4.73. The third kappa shape index (κ3) is 1.82. The number of carbonyl (C=O) groups is 3. The molecule has 0 aromatic carbocycles. The highest BCUT2D eigenvalue weighted by molar-refractivity contribution is 6.01. The number of amides is 2. The molecule has 21 heavy (non-hydrogen) atoms. The van der Waals surface area contributed by atoms with E-state index in [0.717, 1.165) is 19.5 Å². The second-order valence-electron chi connectivity index (χ2n) is 5.45. The van der Waals surface area contributed by atoms with E-state index >= 15 is 0 Å². The lowest BCUT2D eigenvalue weighted by molar-refractivity contribution is -0.163. The van der Waals surface area contributed by atoms with Gasteiger partial charge in [0, 0.05) is 11.5 Å². The fourth-order valence-corrected chi connectivity index (χ4v) is 3.77. The second-order valence-corrected chi connectivity index (χ2v) is 5.45. The van der Waals surface area contributed by atoms with E-state index in [-0.39, 0.29) is 36.2 Å². The fraction of sp³-hybridized carbons (Fsp3) is 0.615. The lowest BCUT2D eigenvalue weighted by atomic mass is 9.78. The minimum atomic E-state index is -1.16. The summed E-state index contributed by atoms with van der Waals surface area (Å²) in [5, 5.41) is 9.39. The van der Waals surface area contributed by atoms with Crippen molar-refractivity contribution in [3.05, 3.63) is 11.3 Å². The van der Waals surface area contributed by atoms with Crippen molar-refractivity contribution in [2.45, 2.75) is 25.4 Å². The topological polar surface area (TPSA) is 113 Å². The zero-order valence-corrected chi connectivity index (χ0v) is 11.6. The van der Waals surface area contributed by atoms with Crippen LogP contribution in [0.1, 0.15) is 13.3 Å². The van der Waals surface area contributed by atoms with Crippen LogP contribution < -0.4 is 5.73 Å². The summed E-state index contributed by atoms with van der Waals surface area (Å²) in [5.41, 5.74) is 5.42. The van der Waals surface area contributed by atoms with Gasteiger partial charge in [-0.15, -0.1) is 0 Å². The maximum atomic E-state index is 12.3. The number of rotatable bonds is 4. The van der Waals surface area contributed by atoms with Crippen molar-refractivity contribution < 1.29 is 24.2 Å². The Bertz CT molecular complexity index is 558. The number of nitrogens with two attached hydrogens (primary N) is 1. The molecule has 3 aliphatic rings. The first-order chi connectivity index (χ1) is 9.97. The summed E-state index contributed by atoms with van der Waals surface area (Å²) in [6, 6.07) is -0.405. The molecule has 3 rings (SSSR count). The van der Waals surface area contributed by atoms with E-state index in [1.165, 1.54) is 4.90 Å². The van der Waals surface area contributed by atoms with Crippen LogP contribution in [0.15, 0.2) is 11.3 Å². The van der Waals surface area contributed by atoms with Gasteiger partial charge in [0.05, 0.1) is 6.04 Å². The Morgan fingerprint density at radius 3 is 2.76 bits per heavy atom. The number of β-lactam (4-membered cyclic amide) rings is 1. The number of ether oxygens (including phenoxy) is 1. The number of likely N-dealkylation sites (tertiary alicyclic amines) is 1. The number of carboxylic acids is 1. The number of aliphatic carboxylic acids is 1. The van der Waals surface area contributed by atoms with Gasteiger partial charge in [-0.05, 0) is 19.5 Å². The number of hydrogen-bond donors (Lipinski definition) is 2. The molecule has 0 spiro atoms. The van der Waals surface area contributed by atoms with Gasteiger partial charge >= 0.3 is 12.1 Å². The average Bonchev–Trinajstić information content (AvgIpc) is 2.76. The van der Waals surface area contributed by atoms with Crippen LogP contribution in [-0.2, 0) is 14.3 Å². The molecule has 3 heterocycles. The predicted octanol–water partition coefficient (Wildman–Crippen LogP) is -0.645. The zero-order chi connectivity index (χ0) is 15.3. The van der Waals surface area contributed by atoms with Crippen molar-refractivity contribution in [2.75, 3.05) is 19.7 Å². The fourth-order valence-electron chi connectivity index (χ4n) is 3.77. The quantitative estimate of drug-likeness (QED) is 0.667. The minimum absolute atomic E-state index is 0.0366. The molecule has 0 aliphatic carbocycles. The Morgan fingerprint density at radius 1 is 1.48 bits per heavy atom. The number of primary amides is 1. The largest absolute Gasteiger partial charge is 0.477 e.